The average Bonchev–Trinajstić information content (AvgIpc) is 2.42. The summed E-state index contributed by atoms with van der Waals surface area (Å²) in [5.41, 5.74) is 1.90. The van der Waals surface area contributed by atoms with Gasteiger partial charge in [0.25, 0.3) is 0 Å². The first-order chi connectivity index (χ1) is 9.21. The van der Waals surface area contributed by atoms with Gasteiger partial charge in [0.15, 0.2) is 0 Å². The fourth-order valence-corrected chi connectivity index (χ4v) is 2.00. The summed E-state index contributed by atoms with van der Waals surface area (Å²) in [6.45, 7) is 12.1. The maximum Gasteiger partial charge on any atom is 0.127 e. The van der Waals surface area contributed by atoms with Crippen molar-refractivity contribution in [2.24, 2.45) is 0 Å². The summed E-state index contributed by atoms with van der Waals surface area (Å²) in [4.78, 5) is 2.16. The lowest BCUT2D eigenvalue weighted by molar-refractivity contribution is 0.306. The van der Waals surface area contributed by atoms with Gasteiger partial charge >= 0.3 is 0 Å². The molecule has 0 unspecified atom stereocenters. The van der Waals surface area contributed by atoms with Crippen molar-refractivity contribution in [2.75, 3.05) is 19.6 Å². The molecule has 0 bridgehead atoms. The molecule has 0 heterocycles. The van der Waals surface area contributed by atoms with Crippen molar-refractivity contribution in [3.8, 4) is 0 Å². The highest BCUT2D eigenvalue weighted by molar-refractivity contribution is 5.25. The number of halogens is 1. The first-order valence-corrected chi connectivity index (χ1v) is 7.02. The number of benzene rings is 1. The molecule has 0 aliphatic rings. The Morgan fingerprint density at radius 2 is 2.16 bits per heavy atom. The van der Waals surface area contributed by atoms with Gasteiger partial charge in [-0.3, -0.25) is 4.90 Å². The second-order valence-electron chi connectivity index (χ2n) is 4.72. The van der Waals surface area contributed by atoms with Crippen LogP contribution in [0, 0.1) is 5.82 Å². The van der Waals surface area contributed by atoms with Gasteiger partial charge in [-0.25, -0.2) is 4.39 Å². The molecule has 1 N–H and O–H groups in total. The number of likely N-dealkylation sites (N-methyl/N-ethyl adjacent to an activating group) is 1. The average molecular weight is 264 g/mol. The lowest BCUT2D eigenvalue weighted by Crippen LogP contribution is -2.23. The van der Waals surface area contributed by atoms with E-state index >= 15 is 0 Å². The summed E-state index contributed by atoms with van der Waals surface area (Å²) in [6.07, 6.45) is 2.96. The van der Waals surface area contributed by atoms with Gasteiger partial charge in [0.2, 0.25) is 0 Å². The highest BCUT2D eigenvalue weighted by Crippen LogP contribution is 2.13. The van der Waals surface area contributed by atoms with Crippen LogP contribution in [0.4, 0.5) is 4.39 Å². The van der Waals surface area contributed by atoms with Crippen molar-refractivity contribution in [3.05, 3.63) is 47.8 Å². The Balaban J connectivity index is 2.69. The Kier molecular flexibility index (Phi) is 7.38. The maximum atomic E-state index is 13.8. The zero-order chi connectivity index (χ0) is 14.1. The van der Waals surface area contributed by atoms with E-state index < -0.39 is 0 Å². The van der Waals surface area contributed by atoms with E-state index in [1.807, 2.05) is 18.2 Å². The van der Waals surface area contributed by atoms with Crippen LogP contribution in [0.25, 0.3) is 0 Å². The Morgan fingerprint density at radius 1 is 1.37 bits per heavy atom. The number of hydrogen-bond donors (Lipinski definition) is 1. The van der Waals surface area contributed by atoms with Crippen LogP contribution in [0.5, 0.6) is 0 Å². The SMILES string of the molecule is C=CCN(CC)Cc1cc(CNCCC)ccc1F. The van der Waals surface area contributed by atoms with Gasteiger partial charge < -0.3 is 5.32 Å². The van der Waals surface area contributed by atoms with Gasteiger partial charge in [-0.1, -0.05) is 32.1 Å². The molecule has 0 fully saturated rings. The van der Waals surface area contributed by atoms with E-state index in [0.717, 1.165) is 43.7 Å². The molecule has 3 heteroatoms. The summed E-state index contributed by atoms with van der Waals surface area (Å²) in [6, 6.07) is 5.38. The van der Waals surface area contributed by atoms with Crippen molar-refractivity contribution >= 4 is 0 Å². The lowest BCUT2D eigenvalue weighted by atomic mass is 10.1. The van der Waals surface area contributed by atoms with Gasteiger partial charge in [-0.15, -0.1) is 6.58 Å². The predicted octanol–water partition coefficient (Wildman–Crippen LogP) is 3.33. The van der Waals surface area contributed by atoms with Crippen LogP contribution in [-0.4, -0.2) is 24.5 Å². The van der Waals surface area contributed by atoms with E-state index in [-0.39, 0.29) is 5.82 Å². The minimum atomic E-state index is -0.123. The monoisotopic (exact) mass is 264 g/mol. The summed E-state index contributed by atoms with van der Waals surface area (Å²) >= 11 is 0. The Bertz CT molecular complexity index is 390. The molecule has 0 amide bonds. The van der Waals surface area contributed by atoms with E-state index in [1.54, 1.807) is 6.07 Å². The highest BCUT2D eigenvalue weighted by Gasteiger charge is 2.07. The molecule has 0 saturated carbocycles. The van der Waals surface area contributed by atoms with E-state index in [4.69, 9.17) is 0 Å². The fraction of sp³-hybridized carbons (Fsp3) is 0.500. The van der Waals surface area contributed by atoms with Crippen LogP contribution >= 0.6 is 0 Å². The van der Waals surface area contributed by atoms with Gasteiger partial charge in [-0.2, -0.15) is 0 Å². The molecule has 1 rings (SSSR count). The van der Waals surface area contributed by atoms with Crippen LogP contribution in [0.2, 0.25) is 0 Å². The first-order valence-electron chi connectivity index (χ1n) is 7.02. The normalized spacial score (nSPS) is 10.9. The number of rotatable bonds is 9. The van der Waals surface area contributed by atoms with Gasteiger partial charge in [0.05, 0.1) is 0 Å². The van der Waals surface area contributed by atoms with E-state index in [1.165, 1.54) is 0 Å². The molecule has 0 atom stereocenters. The van der Waals surface area contributed by atoms with E-state index in [0.29, 0.717) is 6.54 Å². The zero-order valence-corrected chi connectivity index (χ0v) is 12.1. The molecule has 0 spiro atoms. The largest absolute Gasteiger partial charge is 0.313 e. The molecule has 0 aliphatic heterocycles. The highest BCUT2D eigenvalue weighted by atomic mass is 19.1. The summed E-state index contributed by atoms with van der Waals surface area (Å²) in [7, 11) is 0. The van der Waals surface area contributed by atoms with Crippen molar-refractivity contribution < 1.29 is 4.39 Å². The number of hydrogen-bond acceptors (Lipinski definition) is 2. The molecule has 0 aliphatic carbocycles. The minimum absolute atomic E-state index is 0.123. The molecule has 1 aromatic carbocycles. The molecule has 0 aromatic heterocycles. The quantitative estimate of drug-likeness (QED) is 0.543. The summed E-state index contributed by atoms with van der Waals surface area (Å²) in [5.74, 6) is -0.123. The lowest BCUT2D eigenvalue weighted by Gasteiger charge is -2.19. The van der Waals surface area contributed by atoms with Crippen molar-refractivity contribution in [1.82, 2.24) is 10.2 Å². The molecule has 0 radical (unpaired) electrons. The standard InChI is InChI=1S/C16H25FN2/c1-4-9-18-12-14-7-8-16(17)15(11-14)13-19(6-3)10-5-2/h5,7-8,11,18H,2,4,6,9-10,12-13H2,1,3H3. The first kappa shape index (κ1) is 15.9. The third kappa shape index (κ3) is 5.53. The second-order valence-corrected chi connectivity index (χ2v) is 4.72. The maximum absolute atomic E-state index is 13.8. The molecule has 2 nitrogen and oxygen atoms in total. The van der Waals surface area contributed by atoms with Crippen LogP contribution in [0.3, 0.4) is 0 Å². The number of nitrogens with one attached hydrogen (secondary N) is 1. The molecular formula is C16H25FN2. The molecule has 1 aromatic rings. The van der Waals surface area contributed by atoms with E-state index in [9.17, 15) is 4.39 Å². The number of nitrogens with zero attached hydrogens (tertiary/aromatic N) is 1. The smallest absolute Gasteiger partial charge is 0.127 e. The van der Waals surface area contributed by atoms with E-state index in [2.05, 4.69) is 30.6 Å². The second kappa shape index (κ2) is 8.83. The van der Waals surface area contributed by atoms with Gasteiger partial charge in [0, 0.05) is 25.2 Å². The summed E-state index contributed by atoms with van der Waals surface area (Å²) in [5, 5.41) is 3.34. The topological polar surface area (TPSA) is 15.3 Å². The van der Waals surface area contributed by atoms with Crippen molar-refractivity contribution in [2.45, 2.75) is 33.4 Å². The molecule has 0 saturated heterocycles. The third-order valence-electron chi connectivity index (χ3n) is 3.09. The molecular weight excluding hydrogens is 239 g/mol. The van der Waals surface area contributed by atoms with Crippen LogP contribution < -0.4 is 5.32 Å². The molecule has 19 heavy (non-hydrogen) atoms. The van der Waals surface area contributed by atoms with Gasteiger partial charge in [-0.05, 0) is 31.1 Å². The third-order valence-corrected chi connectivity index (χ3v) is 3.09. The minimum Gasteiger partial charge on any atom is -0.313 e. The fourth-order valence-electron chi connectivity index (χ4n) is 2.00. The van der Waals surface area contributed by atoms with Crippen LogP contribution in [0.15, 0.2) is 30.9 Å². The van der Waals surface area contributed by atoms with Crippen LogP contribution in [0.1, 0.15) is 31.4 Å². The predicted molar refractivity (Wildman–Crippen MR) is 79.5 cm³/mol. The van der Waals surface area contributed by atoms with Gasteiger partial charge in [0.1, 0.15) is 5.82 Å². The van der Waals surface area contributed by atoms with Crippen molar-refractivity contribution in [1.29, 1.82) is 0 Å². The summed E-state index contributed by atoms with van der Waals surface area (Å²) < 4.78 is 13.8. The Labute approximate surface area is 116 Å². The Morgan fingerprint density at radius 3 is 2.79 bits per heavy atom. The zero-order valence-electron chi connectivity index (χ0n) is 12.1. The van der Waals surface area contributed by atoms with Crippen LogP contribution in [-0.2, 0) is 13.1 Å². The Hall–Kier alpha value is -1.19. The molecule has 106 valence electrons. The van der Waals surface area contributed by atoms with Crippen molar-refractivity contribution in [3.63, 3.8) is 0 Å².